The van der Waals surface area contributed by atoms with Crippen LogP contribution in [-0.2, 0) is 19.1 Å². The van der Waals surface area contributed by atoms with Gasteiger partial charge in [0, 0.05) is 12.2 Å². The van der Waals surface area contributed by atoms with Crippen molar-refractivity contribution in [3.63, 3.8) is 0 Å². The summed E-state index contributed by atoms with van der Waals surface area (Å²) in [6.45, 7) is 0. The molecule has 0 saturated heterocycles. The van der Waals surface area contributed by atoms with Gasteiger partial charge in [-0.05, 0) is 0 Å². The number of ether oxygens (including phenoxy) is 2. The Morgan fingerprint density at radius 1 is 1.08 bits per heavy atom. The fourth-order valence-electron chi connectivity index (χ4n) is 0.822. The molecule has 0 spiro atoms. The van der Waals surface area contributed by atoms with E-state index >= 15 is 0 Å². The summed E-state index contributed by atoms with van der Waals surface area (Å²) in [5.41, 5.74) is 0. The van der Waals surface area contributed by atoms with E-state index in [2.05, 4.69) is 4.74 Å². The molecule has 0 atom stereocenters. The van der Waals surface area contributed by atoms with Gasteiger partial charge in [0.15, 0.2) is 5.76 Å². The first-order chi connectivity index (χ1) is 5.69. The maximum absolute atomic E-state index is 11.0. The Hall–Kier alpha value is -1.58. The van der Waals surface area contributed by atoms with Crippen LogP contribution in [0.5, 0.6) is 0 Å². The van der Waals surface area contributed by atoms with Crippen molar-refractivity contribution in [1.82, 2.24) is 0 Å². The third kappa shape index (κ3) is 1.37. The number of hydrogen-bond donors (Lipinski definition) is 0. The maximum atomic E-state index is 11.0. The Labute approximate surface area is 69.5 Å². The SMILES string of the molecule is COC1=CC(=O)C(=O)C(OC)=C1. The fourth-order valence-corrected chi connectivity index (χ4v) is 0.822. The third-order valence-electron chi connectivity index (χ3n) is 1.45. The lowest BCUT2D eigenvalue weighted by atomic mass is 10.1. The Morgan fingerprint density at radius 2 is 1.75 bits per heavy atom. The molecule has 1 rings (SSSR count). The van der Waals surface area contributed by atoms with Crippen molar-refractivity contribution < 1.29 is 19.1 Å². The number of Topliss-reactive ketones (excluding diaryl/α,β-unsaturated/α-hetero) is 1. The minimum absolute atomic E-state index is 0.0133. The zero-order chi connectivity index (χ0) is 9.14. The molecule has 0 heterocycles. The van der Waals surface area contributed by atoms with E-state index in [0.717, 1.165) is 6.08 Å². The zero-order valence-electron chi connectivity index (χ0n) is 6.79. The van der Waals surface area contributed by atoms with Gasteiger partial charge >= 0.3 is 0 Å². The first-order valence-electron chi connectivity index (χ1n) is 3.29. The van der Waals surface area contributed by atoms with Crippen molar-refractivity contribution >= 4 is 11.6 Å². The molecule has 0 aromatic carbocycles. The minimum Gasteiger partial charge on any atom is -0.496 e. The van der Waals surface area contributed by atoms with E-state index < -0.39 is 11.6 Å². The number of allylic oxidation sites excluding steroid dienone is 3. The molecule has 0 aliphatic heterocycles. The standard InChI is InChI=1S/C8H8O4/c1-11-5-3-6(9)8(10)7(4-5)12-2/h3-4H,1-2H3. The monoisotopic (exact) mass is 168 g/mol. The van der Waals surface area contributed by atoms with E-state index in [1.54, 1.807) is 0 Å². The van der Waals surface area contributed by atoms with Crippen LogP contribution < -0.4 is 0 Å². The molecule has 0 radical (unpaired) electrons. The number of rotatable bonds is 2. The van der Waals surface area contributed by atoms with E-state index in [9.17, 15) is 9.59 Å². The average Bonchev–Trinajstić information content (AvgIpc) is 2.09. The largest absolute Gasteiger partial charge is 0.496 e. The first-order valence-corrected chi connectivity index (χ1v) is 3.29. The predicted octanol–water partition coefficient (Wildman–Crippen LogP) is 0.199. The van der Waals surface area contributed by atoms with Gasteiger partial charge in [-0.1, -0.05) is 0 Å². The highest BCUT2D eigenvalue weighted by Gasteiger charge is 2.23. The highest BCUT2D eigenvalue weighted by molar-refractivity contribution is 6.47. The molecule has 4 heteroatoms. The summed E-state index contributed by atoms with van der Waals surface area (Å²) in [6, 6.07) is 0. The lowest BCUT2D eigenvalue weighted by Gasteiger charge is -2.09. The summed E-state index contributed by atoms with van der Waals surface area (Å²) >= 11 is 0. The van der Waals surface area contributed by atoms with Crippen molar-refractivity contribution in [2.75, 3.05) is 14.2 Å². The third-order valence-corrected chi connectivity index (χ3v) is 1.45. The molecule has 0 bridgehead atoms. The second-order valence-electron chi connectivity index (χ2n) is 2.16. The lowest BCUT2D eigenvalue weighted by Crippen LogP contribution is -2.19. The maximum Gasteiger partial charge on any atom is 0.267 e. The van der Waals surface area contributed by atoms with Crippen LogP contribution in [-0.4, -0.2) is 25.8 Å². The predicted molar refractivity (Wildman–Crippen MR) is 40.2 cm³/mol. The topological polar surface area (TPSA) is 52.6 Å². The first kappa shape index (κ1) is 8.52. The Kier molecular flexibility index (Phi) is 2.28. The van der Waals surface area contributed by atoms with Crippen LogP contribution in [0.4, 0.5) is 0 Å². The average molecular weight is 168 g/mol. The number of carbonyl (C=O) groups excluding carboxylic acids is 2. The molecule has 4 nitrogen and oxygen atoms in total. The highest BCUT2D eigenvalue weighted by atomic mass is 16.5. The normalized spacial score (nSPS) is 16.8. The summed E-state index contributed by atoms with van der Waals surface area (Å²) in [7, 11) is 2.74. The van der Waals surface area contributed by atoms with Gasteiger partial charge in [0.2, 0.25) is 5.78 Å². The van der Waals surface area contributed by atoms with E-state index in [4.69, 9.17) is 4.74 Å². The van der Waals surface area contributed by atoms with Crippen LogP contribution in [0.2, 0.25) is 0 Å². The number of methoxy groups -OCH3 is 2. The second-order valence-corrected chi connectivity index (χ2v) is 2.16. The molecule has 12 heavy (non-hydrogen) atoms. The van der Waals surface area contributed by atoms with Crippen LogP contribution in [0.3, 0.4) is 0 Å². The van der Waals surface area contributed by atoms with Gasteiger partial charge in [0.05, 0.1) is 14.2 Å². The smallest absolute Gasteiger partial charge is 0.267 e. The summed E-state index contributed by atoms with van der Waals surface area (Å²) in [5, 5.41) is 0. The highest BCUT2D eigenvalue weighted by Crippen LogP contribution is 2.12. The van der Waals surface area contributed by atoms with Gasteiger partial charge < -0.3 is 9.47 Å². The number of ketones is 2. The second kappa shape index (κ2) is 3.21. The Balaban J connectivity index is 3.00. The number of carbonyl (C=O) groups is 2. The van der Waals surface area contributed by atoms with Crippen molar-refractivity contribution in [1.29, 1.82) is 0 Å². The Bertz CT molecular complexity index is 285. The molecule has 0 aromatic rings. The van der Waals surface area contributed by atoms with Gasteiger partial charge in [0.25, 0.3) is 5.78 Å². The van der Waals surface area contributed by atoms with Crippen LogP contribution in [0.1, 0.15) is 0 Å². The molecule has 64 valence electrons. The molecule has 0 saturated carbocycles. The summed E-state index contributed by atoms with van der Waals surface area (Å²) < 4.78 is 9.45. The zero-order valence-corrected chi connectivity index (χ0v) is 6.79. The van der Waals surface area contributed by atoms with Gasteiger partial charge in [-0.15, -0.1) is 0 Å². The molecule has 0 aromatic heterocycles. The molecule has 0 N–H and O–H groups in total. The van der Waals surface area contributed by atoms with E-state index in [1.165, 1.54) is 20.3 Å². The molecule has 0 amide bonds. The van der Waals surface area contributed by atoms with Gasteiger partial charge in [-0.25, -0.2) is 0 Å². The van der Waals surface area contributed by atoms with Crippen LogP contribution in [0.25, 0.3) is 0 Å². The molecule has 1 aliphatic carbocycles. The minimum atomic E-state index is -0.640. The van der Waals surface area contributed by atoms with Crippen molar-refractivity contribution in [3.8, 4) is 0 Å². The van der Waals surface area contributed by atoms with Crippen LogP contribution >= 0.6 is 0 Å². The quantitative estimate of drug-likeness (QED) is 0.436. The van der Waals surface area contributed by atoms with Gasteiger partial charge in [-0.2, -0.15) is 0 Å². The molecule has 1 aliphatic rings. The van der Waals surface area contributed by atoms with Crippen LogP contribution in [0.15, 0.2) is 23.7 Å². The van der Waals surface area contributed by atoms with Crippen molar-refractivity contribution in [2.45, 2.75) is 0 Å². The summed E-state index contributed by atoms with van der Waals surface area (Å²) in [5.74, 6) is -0.916. The summed E-state index contributed by atoms with van der Waals surface area (Å²) in [4.78, 5) is 21.9. The van der Waals surface area contributed by atoms with Gasteiger partial charge in [0.1, 0.15) is 5.76 Å². The van der Waals surface area contributed by atoms with Crippen LogP contribution in [0, 0.1) is 0 Å². The van der Waals surface area contributed by atoms with Crippen molar-refractivity contribution in [3.05, 3.63) is 23.7 Å². The molecular formula is C8H8O4. The molecule has 0 unspecified atom stereocenters. The molecule has 0 fully saturated rings. The van der Waals surface area contributed by atoms with Gasteiger partial charge in [-0.3, -0.25) is 9.59 Å². The lowest BCUT2D eigenvalue weighted by molar-refractivity contribution is -0.133. The van der Waals surface area contributed by atoms with E-state index in [1.807, 2.05) is 0 Å². The van der Waals surface area contributed by atoms with E-state index in [-0.39, 0.29) is 5.76 Å². The number of hydrogen-bond acceptors (Lipinski definition) is 4. The Morgan fingerprint density at radius 3 is 2.25 bits per heavy atom. The van der Waals surface area contributed by atoms with E-state index in [0.29, 0.717) is 5.76 Å². The summed E-state index contributed by atoms with van der Waals surface area (Å²) in [6.07, 6.45) is 2.51. The molecular weight excluding hydrogens is 160 g/mol. The van der Waals surface area contributed by atoms with Crippen molar-refractivity contribution in [2.24, 2.45) is 0 Å². The fraction of sp³-hybridized carbons (Fsp3) is 0.250.